The number of furan rings is 1. The molecule has 2 rings (SSSR count). The van der Waals surface area contributed by atoms with Gasteiger partial charge in [-0.3, -0.25) is 9.59 Å². The number of rotatable bonds is 4. The first-order valence-electron chi connectivity index (χ1n) is 6.31. The number of carboxylic acids is 1. The van der Waals surface area contributed by atoms with Crippen molar-refractivity contribution in [3.05, 3.63) is 23.7 Å². The number of amides is 2. The second-order valence-corrected chi connectivity index (χ2v) is 4.79. The average molecular weight is 280 g/mol. The van der Waals surface area contributed by atoms with E-state index in [4.69, 9.17) is 9.52 Å². The van der Waals surface area contributed by atoms with Crippen molar-refractivity contribution in [1.29, 1.82) is 0 Å². The predicted octanol–water partition coefficient (Wildman–Crippen LogP) is 0.462. The van der Waals surface area contributed by atoms with E-state index in [1.54, 1.807) is 11.9 Å². The normalized spacial score (nSPS) is 18.9. The number of carbonyl (C=O) groups is 3. The van der Waals surface area contributed by atoms with Crippen molar-refractivity contribution in [3.8, 4) is 0 Å². The highest BCUT2D eigenvalue weighted by Gasteiger charge is 2.28. The van der Waals surface area contributed by atoms with Crippen molar-refractivity contribution in [2.45, 2.75) is 19.4 Å². The molecule has 0 aromatic carbocycles. The van der Waals surface area contributed by atoms with Crippen molar-refractivity contribution >= 4 is 17.8 Å². The van der Waals surface area contributed by atoms with E-state index in [2.05, 4.69) is 5.32 Å². The Balaban J connectivity index is 1.85. The zero-order valence-electron chi connectivity index (χ0n) is 11.1. The first-order chi connectivity index (χ1) is 9.47. The molecule has 20 heavy (non-hydrogen) atoms. The Kier molecular flexibility index (Phi) is 4.07. The highest BCUT2D eigenvalue weighted by atomic mass is 16.4. The summed E-state index contributed by atoms with van der Waals surface area (Å²) < 4.78 is 5.03. The maximum Gasteiger partial charge on any atom is 0.371 e. The van der Waals surface area contributed by atoms with Crippen LogP contribution in [0.3, 0.4) is 0 Å². The highest BCUT2D eigenvalue weighted by molar-refractivity contribution is 5.87. The van der Waals surface area contributed by atoms with E-state index >= 15 is 0 Å². The third-order valence-electron chi connectivity index (χ3n) is 3.34. The summed E-state index contributed by atoms with van der Waals surface area (Å²) in [6.07, 6.45) is 0.841. The van der Waals surface area contributed by atoms with Crippen LogP contribution in [0.15, 0.2) is 16.5 Å². The monoisotopic (exact) mass is 280 g/mol. The Morgan fingerprint density at radius 1 is 1.50 bits per heavy atom. The van der Waals surface area contributed by atoms with Crippen LogP contribution in [0.4, 0.5) is 0 Å². The van der Waals surface area contributed by atoms with Crippen molar-refractivity contribution in [2.24, 2.45) is 5.92 Å². The molecule has 0 unspecified atom stereocenters. The van der Waals surface area contributed by atoms with Gasteiger partial charge in [0.25, 0.3) is 0 Å². The Bertz CT molecular complexity index is 537. The van der Waals surface area contributed by atoms with Crippen LogP contribution in [-0.2, 0) is 16.1 Å². The number of carbonyl (C=O) groups excluding carboxylic acids is 2. The van der Waals surface area contributed by atoms with Crippen LogP contribution in [0.2, 0.25) is 0 Å². The van der Waals surface area contributed by atoms with Gasteiger partial charge in [-0.2, -0.15) is 0 Å². The molecule has 7 nitrogen and oxygen atoms in total. The van der Waals surface area contributed by atoms with Crippen LogP contribution in [0.25, 0.3) is 0 Å². The lowest BCUT2D eigenvalue weighted by molar-refractivity contribution is -0.139. The summed E-state index contributed by atoms with van der Waals surface area (Å²) in [5.41, 5.74) is 0. The van der Waals surface area contributed by atoms with Crippen LogP contribution in [-0.4, -0.2) is 41.4 Å². The third kappa shape index (κ3) is 3.17. The fourth-order valence-electron chi connectivity index (χ4n) is 2.07. The first-order valence-corrected chi connectivity index (χ1v) is 6.31. The van der Waals surface area contributed by atoms with Gasteiger partial charge in [0.05, 0.1) is 6.54 Å². The standard InChI is InChI=1S/C13H16N2O5/c1-15-5-4-8(6-11(15)16)12(17)14-7-9-2-3-10(20-9)13(18)19/h2-3,8H,4-7H2,1H3,(H,14,17)(H,18,19)/t8-/m0/s1. The summed E-state index contributed by atoms with van der Waals surface area (Å²) in [4.78, 5) is 35.7. The van der Waals surface area contributed by atoms with Gasteiger partial charge in [-0.25, -0.2) is 4.79 Å². The number of piperidine rings is 1. The zero-order chi connectivity index (χ0) is 14.7. The van der Waals surface area contributed by atoms with Crippen LogP contribution in [0.5, 0.6) is 0 Å². The molecule has 2 heterocycles. The summed E-state index contributed by atoms with van der Waals surface area (Å²) >= 11 is 0. The van der Waals surface area contributed by atoms with E-state index in [9.17, 15) is 14.4 Å². The molecule has 2 amide bonds. The highest BCUT2D eigenvalue weighted by Crippen LogP contribution is 2.17. The van der Waals surface area contributed by atoms with Crippen molar-refractivity contribution in [1.82, 2.24) is 10.2 Å². The molecular weight excluding hydrogens is 264 g/mol. The van der Waals surface area contributed by atoms with E-state index in [0.29, 0.717) is 18.7 Å². The summed E-state index contributed by atoms with van der Waals surface area (Å²) in [7, 11) is 1.72. The predicted molar refractivity (Wildman–Crippen MR) is 67.9 cm³/mol. The van der Waals surface area contributed by atoms with Gasteiger partial charge in [0.15, 0.2) is 0 Å². The van der Waals surface area contributed by atoms with Crippen LogP contribution < -0.4 is 5.32 Å². The second-order valence-electron chi connectivity index (χ2n) is 4.79. The molecule has 1 saturated heterocycles. The SMILES string of the molecule is CN1CC[C@H](C(=O)NCc2ccc(C(=O)O)o2)CC1=O. The topological polar surface area (TPSA) is 99.8 Å². The largest absolute Gasteiger partial charge is 0.475 e. The average Bonchev–Trinajstić information content (AvgIpc) is 2.88. The molecule has 1 fully saturated rings. The molecule has 2 N–H and O–H groups in total. The van der Waals surface area contributed by atoms with E-state index in [1.165, 1.54) is 12.1 Å². The minimum absolute atomic E-state index is 0.0393. The number of nitrogens with zero attached hydrogens (tertiary/aromatic N) is 1. The van der Waals surface area contributed by atoms with Gasteiger partial charge >= 0.3 is 5.97 Å². The quantitative estimate of drug-likeness (QED) is 0.834. The molecule has 0 radical (unpaired) electrons. The lowest BCUT2D eigenvalue weighted by Gasteiger charge is -2.27. The number of hydrogen-bond acceptors (Lipinski definition) is 4. The van der Waals surface area contributed by atoms with Gasteiger partial charge in [0, 0.05) is 25.9 Å². The Morgan fingerprint density at radius 3 is 2.85 bits per heavy atom. The van der Waals surface area contributed by atoms with Gasteiger partial charge in [-0.1, -0.05) is 0 Å². The van der Waals surface area contributed by atoms with Crippen LogP contribution >= 0.6 is 0 Å². The summed E-state index contributed by atoms with van der Waals surface area (Å²) in [6, 6.07) is 2.84. The molecule has 108 valence electrons. The maximum absolute atomic E-state index is 11.9. The fourth-order valence-corrected chi connectivity index (χ4v) is 2.07. The molecule has 1 aromatic heterocycles. The molecule has 1 aromatic rings. The van der Waals surface area contributed by atoms with Gasteiger partial charge in [-0.05, 0) is 18.6 Å². The zero-order valence-corrected chi connectivity index (χ0v) is 11.1. The molecule has 0 saturated carbocycles. The Hall–Kier alpha value is -2.31. The van der Waals surface area contributed by atoms with E-state index in [1.807, 2.05) is 0 Å². The van der Waals surface area contributed by atoms with Crippen molar-refractivity contribution in [3.63, 3.8) is 0 Å². The first kappa shape index (κ1) is 14.1. The van der Waals surface area contributed by atoms with E-state index in [-0.39, 0.29) is 36.5 Å². The van der Waals surface area contributed by atoms with E-state index < -0.39 is 5.97 Å². The lowest BCUT2D eigenvalue weighted by Crippen LogP contribution is -2.41. The van der Waals surface area contributed by atoms with Gasteiger partial charge in [-0.15, -0.1) is 0 Å². The minimum Gasteiger partial charge on any atom is -0.475 e. The second kappa shape index (κ2) is 5.77. The van der Waals surface area contributed by atoms with E-state index in [0.717, 1.165) is 0 Å². The molecule has 0 aliphatic carbocycles. The van der Waals surface area contributed by atoms with Crippen molar-refractivity contribution < 1.29 is 23.9 Å². The molecule has 1 aliphatic heterocycles. The van der Waals surface area contributed by atoms with Gasteiger partial charge in [0.2, 0.25) is 17.6 Å². The fraction of sp³-hybridized carbons (Fsp3) is 0.462. The molecule has 1 aliphatic rings. The number of likely N-dealkylation sites (tertiary alicyclic amines) is 1. The number of hydrogen-bond donors (Lipinski definition) is 2. The number of aromatic carboxylic acids is 1. The summed E-state index contributed by atoms with van der Waals surface area (Å²) in [5.74, 6) is -1.52. The maximum atomic E-state index is 11.9. The molecule has 0 bridgehead atoms. The molecular formula is C13H16N2O5. The Labute approximate surface area is 115 Å². The molecule has 1 atom stereocenters. The Morgan fingerprint density at radius 2 is 2.25 bits per heavy atom. The third-order valence-corrected chi connectivity index (χ3v) is 3.34. The smallest absolute Gasteiger partial charge is 0.371 e. The number of carboxylic acid groups (broad SMARTS) is 1. The number of nitrogens with one attached hydrogen (secondary N) is 1. The summed E-state index contributed by atoms with van der Waals surface area (Å²) in [5, 5.41) is 11.4. The lowest BCUT2D eigenvalue weighted by atomic mass is 9.95. The van der Waals surface area contributed by atoms with Crippen LogP contribution in [0, 0.1) is 5.92 Å². The summed E-state index contributed by atoms with van der Waals surface area (Å²) in [6.45, 7) is 0.688. The van der Waals surface area contributed by atoms with Gasteiger partial charge in [0.1, 0.15) is 5.76 Å². The minimum atomic E-state index is -1.15. The molecule has 0 spiro atoms. The van der Waals surface area contributed by atoms with Crippen molar-refractivity contribution in [2.75, 3.05) is 13.6 Å². The van der Waals surface area contributed by atoms with Crippen LogP contribution in [0.1, 0.15) is 29.2 Å². The van der Waals surface area contributed by atoms with Gasteiger partial charge < -0.3 is 19.7 Å². The molecule has 7 heteroatoms.